The molecule has 0 atom stereocenters. The van der Waals surface area contributed by atoms with Gasteiger partial charge in [-0.15, -0.1) is 0 Å². The molecule has 2 aromatic carbocycles. The van der Waals surface area contributed by atoms with E-state index in [0.717, 1.165) is 16.6 Å². The Morgan fingerprint density at radius 3 is 2.29 bits per heavy atom. The summed E-state index contributed by atoms with van der Waals surface area (Å²) in [4.78, 5) is 12.9. The van der Waals surface area contributed by atoms with Gasteiger partial charge >= 0.3 is 18.9 Å². The van der Waals surface area contributed by atoms with Crippen LogP contribution in [0, 0.1) is 18.8 Å². The van der Waals surface area contributed by atoms with E-state index in [0.29, 0.717) is 50.0 Å². The van der Waals surface area contributed by atoms with Crippen molar-refractivity contribution in [3.05, 3.63) is 52.5 Å². The molecule has 2 rings (SSSR count). The van der Waals surface area contributed by atoms with E-state index in [9.17, 15) is 4.79 Å². The molecule has 0 saturated heterocycles. The quantitative estimate of drug-likeness (QED) is 0.469. The van der Waals surface area contributed by atoms with Crippen LogP contribution in [0.25, 0.3) is 0 Å². The van der Waals surface area contributed by atoms with Crippen LogP contribution in [0.1, 0.15) is 43.6 Å². The molecule has 0 saturated carbocycles. The molecule has 0 heterocycles. The first-order valence-electron chi connectivity index (χ1n) is 9.18. The first-order valence-corrected chi connectivity index (χ1v) is 10.5. The van der Waals surface area contributed by atoms with Gasteiger partial charge in [0.25, 0.3) is 0 Å². The van der Waals surface area contributed by atoms with Crippen LogP contribution >= 0.6 is 20.2 Å². The smallest absolute Gasteiger partial charge is 0.496 e. The Morgan fingerprint density at radius 2 is 1.68 bits per heavy atom. The van der Waals surface area contributed by atoms with Gasteiger partial charge in [-0.25, -0.2) is 0 Å². The summed E-state index contributed by atoms with van der Waals surface area (Å²) in [6.45, 7) is 11.5. The zero-order chi connectivity index (χ0) is 20.0. The Bertz CT molecular complexity index is 773. The van der Waals surface area contributed by atoms with Crippen molar-refractivity contribution in [3.8, 4) is 11.5 Å². The van der Waals surface area contributed by atoms with E-state index in [1.165, 1.54) is 0 Å². The van der Waals surface area contributed by atoms with E-state index >= 15 is 0 Å². The van der Waals surface area contributed by atoms with Crippen LogP contribution in [0.15, 0.2) is 36.4 Å². The van der Waals surface area contributed by atoms with Crippen molar-refractivity contribution in [3.63, 3.8) is 0 Å². The van der Waals surface area contributed by atoms with Gasteiger partial charge in [-0.2, -0.15) is 5.30 Å². The van der Waals surface area contributed by atoms with Gasteiger partial charge in [0.05, 0.1) is 19.0 Å². The summed E-state index contributed by atoms with van der Waals surface area (Å²) in [5, 5.41) is 1.30. The molecular formula is C22H27ClLiO3P. The van der Waals surface area contributed by atoms with E-state index < -0.39 is 0 Å². The molecule has 28 heavy (non-hydrogen) atoms. The SMILES string of the molecule is Cc1cccc(Cl)c1C(=O)[P-]c1ccc(OCC(C)C)cc1OCC(C)C.[Li+]. The van der Waals surface area contributed by atoms with Crippen LogP contribution in [-0.4, -0.2) is 18.7 Å². The number of benzene rings is 2. The van der Waals surface area contributed by atoms with Crippen molar-refractivity contribution in [2.75, 3.05) is 13.2 Å². The third-order valence-corrected chi connectivity index (χ3v) is 5.10. The molecule has 0 radical (unpaired) electrons. The van der Waals surface area contributed by atoms with Crippen molar-refractivity contribution in [2.24, 2.45) is 11.8 Å². The van der Waals surface area contributed by atoms with Crippen LogP contribution in [0.2, 0.25) is 5.02 Å². The van der Waals surface area contributed by atoms with Crippen molar-refractivity contribution < 1.29 is 33.1 Å². The summed E-state index contributed by atoms with van der Waals surface area (Å²) < 4.78 is 11.8. The van der Waals surface area contributed by atoms with E-state index in [4.69, 9.17) is 21.1 Å². The number of halogens is 1. The van der Waals surface area contributed by atoms with Crippen LogP contribution in [-0.2, 0) is 0 Å². The van der Waals surface area contributed by atoms with Crippen molar-refractivity contribution >= 4 is 31.0 Å². The minimum atomic E-state index is -0.0386. The van der Waals surface area contributed by atoms with Gasteiger partial charge in [-0.1, -0.05) is 57.5 Å². The van der Waals surface area contributed by atoms with Crippen LogP contribution < -0.4 is 33.6 Å². The summed E-state index contributed by atoms with van der Waals surface area (Å²) in [7, 11) is 0.537. The second-order valence-electron chi connectivity index (χ2n) is 7.39. The van der Waals surface area contributed by atoms with Crippen molar-refractivity contribution in [1.29, 1.82) is 0 Å². The van der Waals surface area contributed by atoms with Gasteiger partial charge in [0.1, 0.15) is 5.75 Å². The average molecular weight is 413 g/mol. The summed E-state index contributed by atoms with van der Waals surface area (Å²) in [6.07, 6.45) is 0. The zero-order valence-electron chi connectivity index (χ0n) is 17.6. The number of ether oxygens (including phenoxy) is 2. The summed E-state index contributed by atoms with van der Waals surface area (Å²) in [5.74, 6) is 2.26. The third-order valence-electron chi connectivity index (χ3n) is 3.74. The maximum Gasteiger partial charge on any atom is 1.00 e. The van der Waals surface area contributed by atoms with Gasteiger partial charge in [-0.05, 0) is 36.5 Å². The molecule has 0 aliphatic rings. The number of carbonyl (C=O) groups excluding carboxylic acids is 1. The molecule has 0 spiro atoms. The van der Waals surface area contributed by atoms with E-state index in [2.05, 4.69) is 27.7 Å². The van der Waals surface area contributed by atoms with Gasteiger partial charge in [0.15, 0.2) is 0 Å². The first kappa shape index (κ1) is 25.1. The fourth-order valence-electron chi connectivity index (χ4n) is 2.38. The topological polar surface area (TPSA) is 35.5 Å². The van der Waals surface area contributed by atoms with Crippen molar-refractivity contribution in [1.82, 2.24) is 0 Å². The Kier molecular flexibility index (Phi) is 10.6. The second-order valence-corrected chi connectivity index (χ2v) is 8.91. The van der Waals surface area contributed by atoms with E-state index in [1.807, 2.05) is 37.3 Å². The number of hydrogen-bond acceptors (Lipinski definition) is 3. The Labute approximate surface area is 187 Å². The Hall–Kier alpha value is -0.973. The Morgan fingerprint density at radius 1 is 1.04 bits per heavy atom. The van der Waals surface area contributed by atoms with E-state index in [1.54, 1.807) is 6.07 Å². The van der Waals surface area contributed by atoms with Crippen LogP contribution in [0.4, 0.5) is 0 Å². The molecule has 2 aromatic rings. The molecule has 0 aliphatic carbocycles. The number of hydrogen-bond donors (Lipinski definition) is 0. The van der Waals surface area contributed by atoms with E-state index in [-0.39, 0.29) is 24.4 Å². The zero-order valence-corrected chi connectivity index (χ0v) is 19.2. The second kappa shape index (κ2) is 11.9. The van der Waals surface area contributed by atoms with Gasteiger partial charge < -0.3 is 22.8 Å². The monoisotopic (exact) mass is 412 g/mol. The molecular weight excluding hydrogens is 386 g/mol. The van der Waals surface area contributed by atoms with Gasteiger partial charge in [0, 0.05) is 22.2 Å². The molecule has 3 nitrogen and oxygen atoms in total. The van der Waals surface area contributed by atoms with Crippen molar-refractivity contribution in [2.45, 2.75) is 34.6 Å². The molecule has 0 fully saturated rings. The summed E-state index contributed by atoms with van der Waals surface area (Å²) >= 11 is 6.25. The molecule has 0 amide bonds. The predicted molar refractivity (Wildman–Crippen MR) is 114 cm³/mol. The van der Waals surface area contributed by atoms with Crippen LogP contribution in [0.5, 0.6) is 11.5 Å². The minimum Gasteiger partial charge on any atom is -0.496 e. The maximum atomic E-state index is 12.9. The molecule has 0 N–H and O–H groups in total. The normalized spacial score (nSPS) is 11.1. The molecule has 0 aromatic heterocycles. The number of aryl methyl sites for hydroxylation is 1. The summed E-state index contributed by atoms with van der Waals surface area (Å²) in [6, 6.07) is 11.2. The molecule has 0 bridgehead atoms. The molecule has 146 valence electrons. The van der Waals surface area contributed by atoms with Gasteiger partial charge in [0.2, 0.25) is 0 Å². The fraction of sp³-hybridized carbons (Fsp3) is 0.409. The minimum absolute atomic E-state index is 0. The summed E-state index contributed by atoms with van der Waals surface area (Å²) in [5.41, 5.74) is 1.40. The van der Waals surface area contributed by atoms with Crippen LogP contribution in [0.3, 0.4) is 0 Å². The Balaban J connectivity index is 0.00000392. The fourth-order valence-corrected chi connectivity index (χ4v) is 3.77. The number of carbonyl (C=O) groups is 1. The first-order chi connectivity index (χ1) is 12.8. The number of rotatable bonds is 9. The average Bonchev–Trinajstić information content (AvgIpc) is 2.59. The molecule has 0 aliphatic heterocycles. The standard InChI is InChI=1S/C22H27ClO3P.Li/c1-14(2)12-25-17-9-10-20(19(11-17)26-13-15(3)4)27-22(24)21-16(5)7-6-8-18(21)23;/h6-11,14-15H,12-13H2,1-5H3;/q-1;+1. The maximum absolute atomic E-state index is 12.9. The predicted octanol–water partition coefficient (Wildman–Crippen LogP) is 3.13. The molecule has 0 unspecified atom stereocenters. The van der Waals surface area contributed by atoms with Gasteiger partial charge in [-0.3, -0.25) is 0 Å². The largest absolute Gasteiger partial charge is 1.00 e. The third kappa shape index (κ3) is 7.45. The molecule has 6 heteroatoms.